The molecule has 1 aliphatic heterocycles. The van der Waals surface area contributed by atoms with Crippen LogP contribution in [0, 0.1) is 5.82 Å². The lowest BCUT2D eigenvalue weighted by Gasteiger charge is -2.27. The van der Waals surface area contributed by atoms with Crippen LogP contribution in [0.5, 0.6) is 0 Å². The van der Waals surface area contributed by atoms with Crippen molar-refractivity contribution in [3.63, 3.8) is 0 Å². The maximum atomic E-state index is 14.0. The van der Waals surface area contributed by atoms with Crippen molar-refractivity contribution in [1.82, 2.24) is 9.71 Å². The number of aromatic nitrogens is 1. The third-order valence-electron chi connectivity index (χ3n) is 4.47. The van der Waals surface area contributed by atoms with Gasteiger partial charge >= 0.3 is 0 Å². The molecular formula is C19H24FN3O3S2. The SMILES string of the molecule is CC(C)c1cc(F)cc2c1NC(NS(=O)(=O)c1cnc(C(C)(C)O)s1)=CC2C. The van der Waals surface area contributed by atoms with Crippen molar-refractivity contribution in [2.75, 3.05) is 5.32 Å². The second-order valence-electron chi connectivity index (χ2n) is 7.76. The van der Waals surface area contributed by atoms with Crippen molar-refractivity contribution < 1.29 is 17.9 Å². The molecule has 2 heterocycles. The molecule has 152 valence electrons. The zero-order valence-electron chi connectivity index (χ0n) is 16.4. The van der Waals surface area contributed by atoms with E-state index in [1.165, 1.54) is 18.3 Å². The van der Waals surface area contributed by atoms with Crippen molar-refractivity contribution in [2.45, 2.75) is 56.3 Å². The molecule has 1 aromatic carbocycles. The number of nitrogens with one attached hydrogen (secondary N) is 2. The molecule has 0 amide bonds. The first-order chi connectivity index (χ1) is 12.9. The summed E-state index contributed by atoms with van der Waals surface area (Å²) in [7, 11) is -3.88. The molecule has 3 rings (SSSR count). The number of rotatable bonds is 5. The van der Waals surface area contributed by atoms with E-state index in [4.69, 9.17) is 0 Å². The van der Waals surface area contributed by atoms with E-state index in [0.29, 0.717) is 10.8 Å². The van der Waals surface area contributed by atoms with Crippen molar-refractivity contribution in [1.29, 1.82) is 0 Å². The Kier molecular flexibility index (Phi) is 5.28. The number of benzene rings is 1. The van der Waals surface area contributed by atoms with Gasteiger partial charge < -0.3 is 10.4 Å². The molecule has 0 saturated heterocycles. The molecule has 6 nitrogen and oxygen atoms in total. The normalized spacial score (nSPS) is 17.1. The lowest BCUT2D eigenvalue weighted by Crippen LogP contribution is -2.29. The Morgan fingerprint density at radius 2 is 2.04 bits per heavy atom. The van der Waals surface area contributed by atoms with E-state index in [0.717, 1.165) is 28.2 Å². The fourth-order valence-electron chi connectivity index (χ4n) is 3.05. The molecule has 28 heavy (non-hydrogen) atoms. The number of sulfonamides is 1. The van der Waals surface area contributed by atoms with Crippen LogP contribution in [0.3, 0.4) is 0 Å². The summed E-state index contributed by atoms with van der Waals surface area (Å²) in [5.74, 6) is -0.101. The molecule has 1 aromatic heterocycles. The van der Waals surface area contributed by atoms with Gasteiger partial charge in [0.05, 0.1) is 6.20 Å². The number of aliphatic hydroxyl groups is 1. The maximum absolute atomic E-state index is 14.0. The van der Waals surface area contributed by atoms with E-state index in [1.54, 1.807) is 19.9 Å². The van der Waals surface area contributed by atoms with Gasteiger partial charge in [0, 0.05) is 11.6 Å². The molecule has 1 unspecified atom stereocenters. The molecule has 0 bridgehead atoms. The van der Waals surface area contributed by atoms with Crippen LogP contribution < -0.4 is 10.0 Å². The molecular weight excluding hydrogens is 401 g/mol. The Morgan fingerprint density at radius 1 is 1.36 bits per heavy atom. The molecule has 9 heteroatoms. The highest BCUT2D eigenvalue weighted by molar-refractivity contribution is 7.91. The predicted octanol–water partition coefficient (Wildman–Crippen LogP) is 3.98. The Hall–Kier alpha value is -1.97. The molecule has 1 atom stereocenters. The largest absolute Gasteiger partial charge is 0.383 e. The number of hydrogen-bond donors (Lipinski definition) is 3. The van der Waals surface area contributed by atoms with Gasteiger partial charge in [-0.05, 0) is 49.1 Å². The summed E-state index contributed by atoms with van der Waals surface area (Å²) in [5.41, 5.74) is 1.08. The van der Waals surface area contributed by atoms with E-state index in [2.05, 4.69) is 15.0 Å². The Morgan fingerprint density at radius 3 is 2.61 bits per heavy atom. The maximum Gasteiger partial charge on any atom is 0.274 e. The lowest BCUT2D eigenvalue weighted by atomic mass is 9.89. The van der Waals surface area contributed by atoms with Crippen LogP contribution in [0.4, 0.5) is 10.1 Å². The van der Waals surface area contributed by atoms with E-state index < -0.39 is 15.6 Å². The lowest BCUT2D eigenvalue weighted by molar-refractivity contribution is 0.0783. The van der Waals surface area contributed by atoms with Crippen LogP contribution >= 0.6 is 11.3 Å². The number of nitrogens with zero attached hydrogens (tertiary/aromatic N) is 1. The molecule has 3 N–H and O–H groups in total. The van der Waals surface area contributed by atoms with Crippen LogP contribution in [0.15, 0.2) is 34.4 Å². The summed E-state index contributed by atoms with van der Waals surface area (Å²) in [6.45, 7) is 8.90. The van der Waals surface area contributed by atoms with Gasteiger partial charge in [0.25, 0.3) is 10.0 Å². The van der Waals surface area contributed by atoms with Gasteiger partial charge in [-0.2, -0.15) is 0 Å². The Balaban J connectivity index is 1.92. The van der Waals surface area contributed by atoms with Gasteiger partial charge in [-0.15, -0.1) is 11.3 Å². The first-order valence-electron chi connectivity index (χ1n) is 8.92. The summed E-state index contributed by atoms with van der Waals surface area (Å²) in [6, 6.07) is 2.94. The highest BCUT2D eigenvalue weighted by atomic mass is 32.2. The number of fused-ring (bicyclic) bond motifs is 1. The highest BCUT2D eigenvalue weighted by Gasteiger charge is 2.28. The summed E-state index contributed by atoms with van der Waals surface area (Å²) in [6.07, 6.45) is 2.94. The molecule has 0 fully saturated rings. The van der Waals surface area contributed by atoms with Gasteiger partial charge in [0.1, 0.15) is 22.2 Å². The van der Waals surface area contributed by atoms with Crippen LogP contribution in [-0.4, -0.2) is 18.5 Å². The Labute approximate surface area is 168 Å². The molecule has 0 saturated carbocycles. The molecule has 0 aliphatic carbocycles. The van der Waals surface area contributed by atoms with Crippen molar-refractivity contribution in [2.24, 2.45) is 0 Å². The summed E-state index contributed by atoms with van der Waals surface area (Å²) >= 11 is 0.916. The number of halogens is 1. The standard InChI is InChI=1S/C19H24FN3O3S2/c1-10(2)13-7-12(20)8-14-11(3)6-15(22-17(13)14)23-28(25,26)16-9-21-18(27-16)19(4,5)24/h6-11,22-24H,1-5H3. The average molecular weight is 426 g/mol. The second-order valence-corrected chi connectivity index (χ2v) is 10.7. The van der Waals surface area contributed by atoms with Crippen LogP contribution in [0.25, 0.3) is 0 Å². The third kappa shape index (κ3) is 4.06. The first-order valence-corrected chi connectivity index (χ1v) is 11.2. The highest BCUT2D eigenvalue weighted by Crippen LogP contribution is 2.38. The monoisotopic (exact) mass is 425 g/mol. The van der Waals surface area contributed by atoms with Gasteiger partial charge in [0.2, 0.25) is 0 Å². The third-order valence-corrected chi connectivity index (χ3v) is 7.61. The number of hydrogen-bond acceptors (Lipinski definition) is 6. The number of thiazole rings is 1. The van der Waals surface area contributed by atoms with Crippen LogP contribution in [0.1, 0.15) is 62.6 Å². The van der Waals surface area contributed by atoms with Crippen molar-refractivity contribution in [3.8, 4) is 0 Å². The van der Waals surface area contributed by atoms with E-state index in [-0.39, 0.29) is 21.9 Å². The molecule has 1 aliphatic rings. The topological polar surface area (TPSA) is 91.3 Å². The zero-order chi connectivity index (χ0) is 20.9. The zero-order valence-corrected chi connectivity index (χ0v) is 18.0. The van der Waals surface area contributed by atoms with Crippen molar-refractivity contribution in [3.05, 3.63) is 52.2 Å². The fraction of sp³-hybridized carbons (Fsp3) is 0.421. The minimum Gasteiger partial charge on any atom is -0.383 e. The predicted molar refractivity (Wildman–Crippen MR) is 108 cm³/mol. The number of allylic oxidation sites excluding steroid dienone is 1. The van der Waals surface area contributed by atoms with Gasteiger partial charge in [-0.3, -0.25) is 4.72 Å². The minimum atomic E-state index is -3.88. The average Bonchev–Trinajstić information content (AvgIpc) is 3.06. The summed E-state index contributed by atoms with van der Waals surface area (Å²) in [4.78, 5) is 4.01. The summed E-state index contributed by atoms with van der Waals surface area (Å²) in [5, 5.41) is 13.4. The Bertz CT molecular complexity index is 1040. The molecule has 2 aromatic rings. The fourth-order valence-corrected chi connectivity index (χ4v) is 5.20. The van der Waals surface area contributed by atoms with Gasteiger partial charge in [-0.1, -0.05) is 20.8 Å². The minimum absolute atomic E-state index is 0.00830. The van der Waals surface area contributed by atoms with E-state index in [9.17, 15) is 17.9 Å². The molecule has 0 radical (unpaired) electrons. The van der Waals surface area contributed by atoms with Crippen LogP contribution in [-0.2, 0) is 15.6 Å². The summed E-state index contributed by atoms with van der Waals surface area (Å²) < 4.78 is 42.1. The van der Waals surface area contributed by atoms with E-state index >= 15 is 0 Å². The first kappa shape index (κ1) is 20.8. The van der Waals surface area contributed by atoms with Gasteiger partial charge in [-0.25, -0.2) is 17.8 Å². The quantitative estimate of drug-likeness (QED) is 0.674. The number of anilines is 1. The second kappa shape index (κ2) is 7.13. The van der Waals surface area contributed by atoms with Crippen molar-refractivity contribution >= 4 is 27.0 Å². The van der Waals surface area contributed by atoms with Crippen LogP contribution in [0.2, 0.25) is 0 Å². The molecule has 0 spiro atoms. The van der Waals surface area contributed by atoms with E-state index in [1.807, 2.05) is 20.8 Å². The smallest absolute Gasteiger partial charge is 0.274 e. The van der Waals surface area contributed by atoms with Gasteiger partial charge in [0.15, 0.2) is 4.21 Å².